The lowest BCUT2D eigenvalue weighted by Gasteiger charge is -2.16. The molecular weight excluding hydrogens is 248 g/mol. The Hall–Kier alpha value is -1.31. The molecule has 0 fully saturated rings. The maximum Gasteiger partial charge on any atom is 0.305 e. The molecule has 20 heavy (non-hydrogen) atoms. The standard InChI is InChI=1S/C18H28O2/c1-3-5-7-13-18(19)20-15-14-16(10-4-2)17-11-8-6-9-12-17/h6,8-9,11-12,16H,3-5,7,10,13-15H2,1-2H3. The van der Waals surface area contributed by atoms with Crippen LogP contribution in [0.2, 0.25) is 0 Å². The zero-order valence-corrected chi connectivity index (χ0v) is 12.9. The van der Waals surface area contributed by atoms with Crippen molar-refractivity contribution in [2.24, 2.45) is 0 Å². The first-order valence-electron chi connectivity index (χ1n) is 7.98. The Balaban J connectivity index is 2.31. The number of unbranched alkanes of at least 4 members (excludes halogenated alkanes) is 2. The lowest BCUT2D eigenvalue weighted by Crippen LogP contribution is -2.09. The minimum atomic E-state index is -0.0400. The van der Waals surface area contributed by atoms with E-state index in [9.17, 15) is 4.79 Å². The number of hydrogen-bond donors (Lipinski definition) is 0. The maximum absolute atomic E-state index is 11.6. The van der Waals surface area contributed by atoms with Crippen molar-refractivity contribution < 1.29 is 9.53 Å². The van der Waals surface area contributed by atoms with Crippen molar-refractivity contribution in [2.75, 3.05) is 6.61 Å². The third-order valence-corrected chi connectivity index (χ3v) is 3.62. The average Bonchev–Trinajstić information content (AvgIpc) is 2.47. The van der Waals surface area contributed by atoms with Crippen LogP contribution in [0.1, 0.15) is 70.3 Å². The van der Waals surface area contributed by atoms with E-state index in [-0.39, 0.29) is 5.97 Å². The van der Waals surface area contributed by atoms with Crippen LogP contribution in [0.25, 0.3) is 0 Å². The molecule has 0 saturated carbocycles. The summed E-state index contributed by atoms with van der Waals surface area (Å²) in [6, 6.07) is 10.5. The number of benzene rings is 1. The molecule has 0 bridgehead atoms. The molecule has 0 aromatic heterocycles. The third-order valence-electron chi connectivity index (χ3n) is 3.62. The monoisotopic (exact) mass is 276 g/mol. The molecule has 1 aromatic rings. The highest BCUT2D eigenvalue weighted by Gasteiger charge is 2.11. The van der Waals surface area contributed by atoms with Crippen LogP contribution in [0.5, 0.6) is 0 Å². The second-order valence-electron chi connectivity index (χ2n) is 5.36. The zero-order valence-electron chi connectivity index (χ0n) is 12.9. The molecule has 0 aliphatic carbocycles. The lowest BCUT2D eigenvalue weighted by atomic mass is 9.92. The van der Waals surface area contributed by atoms with Crippen LogP contribution >= 0.6 is 0 Å². The van der Waals surface area contributed by atoms with Gasteiger partial charge in [0.25, 0.3) is 0 Å². The quantitative estimate of drug-likeness (QED) is 0.440. The van der Waals surface area contributed by atoms with Gasteiger partial charge in [-0.3, -0.25) is 4.79 Å². The summed E-state index contributed by atoms with van der Waals surface area (Å²) in [6.45, 7) is 4.89. The molecule has 0 aliphatic rings. The van der Waals surface area contributed by atoms with Crippen LogP contribution in [0.3, 0.4) is 0 Å². The van der Waals surface area contributed by atoms with E-state index in [4.69, 9.17) is 4.74 Å². The molecule has 0 aliphatic heterocycles. The maximum atomic E-state index is 11.6. The zero-order chi connectivity index (χ0) is 14.6. The molecule has 0 saturated heterocycles. The first-order valence-corrected chi connectivity index (χ1v) is 7.98. The Morgan fingerprint density at radius 2 is 1.80 bits per heavy atom. The Morgan fingerprint density at radius 1 is 1.05 bits per heavy atom. The predicted molar refractivity (Wildman–Crippen MR) is 83.8 cm³/mol. The molecule has 112 valence electrons. The summed E-state index contributed by atoms with van der Waals surface area (Å²) in [6.07, 6.45) is 7.00. The van der Waals surface area contributed by atoms with Crippen molar-refractivity contribution in [1.82, 2.24) is 0 Å². The fourth-order valence-corrected chi connectivity index (χ4v) is 2.46. The van der Waals surface area contributed by atoms with Crippen LogP contribution < -0.4 is 0 Å². The van der Waals surface area contributed by atoms with Gasteiger partial charge in [-0.15, -0.1) is 0 Å². The van der Waals surface area contributed by atoms with Crippen LogP contribution in [0, 0.1) is 0 Å². The van der Waals surface area contributed by atoms with Crippen molar-refractivity contribution in [3.05, 3.63) is 35.9 Å². The van der Waals surface area contributed by atoms with Crippen LogP contribution in [0.4, 0.5) is 0 Å². The second kappa shape index (κ2) is 10.5. The van der Waals surface area contributed by atoms with Crippen molar-refractivity contribution in [3.8, 4) is 0 Å². The third kappa shape index (κ3) is 6.74. The molecule has 0 amide bonds. The molecule has 0 spiro atoms. The average molecular weight is 276 g/mol. The van der Waals surface area contributed by atoms with E-state index in [1.54, 1.807) is 0 Å². The Kier molecular flexibility index (Phi) is 8.77. The van der Waals surface area contributed by atoms with Gasteiger partial charge in [-0.25, -0.2) is 0 Å². The van der Waals surface area contributed by atoms with E-state index >= 15 is 0 Å². The molecular formula is C18H28O2. The normalized spacial score (nSPS) is 12.1. The number of ether oxygens (including phenoxy) is 1. The number of hydrogen-bond acceptors (Lipinski definition) is 2. The number of esters is 1. The van der Waals surface area contributed by atoms with Crippen LogP contribution in [0.15, 0.2) is 30.3 Å². The van der Waals surface area contributed by atoms with Gasteiger partial charge < -0.3 is 4.74 Å². The SMILES string of the molecule is CCCCCC(=O)OCCC(CCC)c1ccccc1. The van der Waals surface area contributed by atoms with E-state index in [2.05, 4.69) is 38.1 Å². The van der Waals surface area contributed by atoms with Crippen molar-refractivity contribution >= 4 is 5.97 Å². The summed E-state index contributed by atoms with van der Waals surface area (Å²) in [5, 5.41) is 0. The first kappa shape index (κ1) is 16.7. The first-order chi connectivity index (χ1) is 9.77. The van der Waals surface area contributed by atoms with Gasteiger partial charge in [0.2, 0.25) is 0 Å². The van der Waals surface area contributed by atoms with Gasteiger partial charge in [0.1, 0.15) is 0 Å². The topological polar surface area (TPSA) is 26.3 Å². The number of rotatable bonds is 10. The van der Waals surface area contributed by atoms with Crippen molar-refractivity contribution in [3.63, 3.8) is 0 Å². The second-order valence-corrected chi connectivity index (χ2v) is 5.36. The Labute approximate surface area is 123 Å². The highest BCUT2D eigenvalue weighted by Crippen LogP contribution is 2.24. The van der Waals surface area contributed by atoms with Crippen molar-refractivity contribution in [1.29, 1.82) is 0 Å². The van der Waals surface area contributed by atoms with E-state index in [1.807, 2.05) is 6.07 Å². The molecule has 2 nitrogen and oxygen atoms in total. The molecule has 1 unspecified atom stereocenters. The molecule has 1 atom stereocenters. The molecule has 1 rings (SSSR count). The number of carbonyl (C=O) groups excluding carboxylic acids is 1. The summed E-state index contributed by atoms with van der Waals surface area (Å²) in [5.74, 6) is 0.464. The highest BCUT2D eigenvalue weighted by atomic mass is 16.5. The van der Waals surface area contributed by atoms with Gasteiger partial charge in [0, 0.05) is 6.42 Å². The summed E-state index contributed by atoms with van der Waals surface area (Å²) < 4.78 is 5.35. The molecule has 0 radical (unpaired) electrons. The lowest BCUT2D eigenvalue weighted by molar-refractivity contribution is -0.144. The predicted octanol–water partition coefficient (Wildman–Crippen LogP) is 5.08. The number of carbonyl (C=O) groups is 1. The van der Waals surface area contributed by atoms with Gasteiger partial charge in [-0.1, -0.05) is 63.4 Å². The van der Waals surface area contributed by atoms with E-state index in [0.717, 1.165) is 38.5 Å². The van der Waals surface area contributed by atoms with E-state index < -0.39 is 0 Å². The fraction of sp³-hybridized carbons (Fsp3) is 0.611. The minimum absolute atomic E-state index is 0.0400. The smallest absolute Gasteiger partial charge is 0.305 e. The largest absolute Gasteiger partial charge is 0.466 e. The summed E-state index contributed by atoms with van der Waals surface area (Å²) in [5.41, 5.74) is 1.36. The van der Waals surface area contributed by atoms with Crippen LogP contribution in [-0.2, 0) is 9.53 Å². The molecule has 1 aromatic carbocycles. The highest BCUT2D eigenvalue weighted by molar-refractivity contribution is 5.69. The Bertz CT molecular complexity index is 359. The van der Waals surface area contributed by atoms with Gasteiger partial charge in [0.15, 0.2) is 0 Å². The van der Waals surface area contributed by atoms with Gasteiger partial charge in [-0.05, 0) is 30.7 Å². The van der Waals surface area contributed by atoms with E-state index in [0.29, 0.717) is 18.9 Å². The van der Waals surface area contributed by atoms with Gasteiger partial charge >= 0.3 is 5.97 Å². The van der Waals surface area contributed by atoms with Gasteiger partial charge in [-0.2, -0.15) is 0 Å². The summed E-state index contributed by atoms with van der Waals surface area (Å²) >= 11 is 0. The molecule has 0 N–H and O–H groups in total. The Morgan fingerprint density at radius 3 is 2.45 bits per heavy atom. The minimum Gasteiger partial charge on any atom is -0.466 e. The van der Waals surface area contributed by atoms with Crippen LogP contribution in [-0.4, -0.2) is 12.6 Å². The summed E-state index contributed by atoms with van der Waals surface area (Å²) in [4.78, 5) is 11.6. The molecule has 0 heterocycles. The molecule has 2 heteroatoms. The summed E-state index contributed by atoms with van der Waals surface area (Å²) in [7, 11) is 0. The fourth-order valence-electron chi connectivity index (χ4n) is 2.46. The van der Waals surface area contributed by atoms with Gasteiger partial charge in [0.05, 0.1) is 6.61 Å². The van der Waals surface area contributed by atoms with Crippen molar-refractivity contribution in [2.45, 2.75) is 64.7 Å². The van der Waals surface area contributed by atoms with E-state index in [1.165, 1.54) is 5.56 Å².